The van der Waals surface area contributed by atoms with Crippen molar-refractivity contribution in [3.8, 4) is 5.75 Å². The number of carbonyl (C=O) groups is 2. The number of nitrogens with one attached hydrogen (secondary N) is 1. The molecule has 1 aliphatic carbocycles. The van der Waals surface area contributed by atoms with E-state index in [1.54, 1.807) is 18.2 Å². The predicted molar refractivity (Wildman–Crippen MR) is 141 cm³/mol. The summed E-state index contributed by atoms with van der Waals surface area (Å²) in [5, 5.41) is 7.93. The number of likely N-dealkylation sites (N-methyl/N-ethyl adjacent to an activating group) is 1. The molecule has 3 aliphatic rings. The molecule has 9 heteroatoms. The topological polar surface area (TPSA) is 92.1 Å². The van der Waals surface area contributed by atoms with Crippen molar-refractivity contribution in [2.24, 2.45) is 0 Å². The Balaban J connectivity index is 1.47. The van der Waals surface area contributed by atoms with Crippen molar-refractivity contribution in [1.29, 1.82) is 0 Å². The van der Waals surface area contributed by atoms with E-state index >= 15 is 0 Å². The highest BCUT2D eigenvalue weighted by molar-refractivity contribution is 5.98. The highest BCUT2D eigenvalue weighted by Gasteiger charge is 2.33. The fourth-order valence-electron chi connectivity index (χ4n) is 5.29. The molecule has 2 bridgehead atoms. The second-order valence-electron chi connectivity index (χ2n) is 10.2. The molecule has 2 aromatic heterocycles. The Morgan fingerprint density at radius 3 is 2.76 bits per heavy atom. The highest BCUT2D eigenvalue weighted by atomic mass is 16.5. The van der Waals surface area contributed by atoms with Crippen LogP contribution in [0.4, 0.5) is 5.82 Å². The molecule has 37 heavy (non-hydrogen) atoms. The number of benzene rings is 1. The number of ether oxygens (including phenoxy) is 1. The Labute approximate surface area is 216 Å². The zero-order valence-electron chi connectivity index (χ0n) is 21.2. The molecule has 4 heterocycles. The van der Waals surface area contributed by atoms with Crippen molar-refractivity contribution in [2.45, 2.75) is 44.1 Å². The number of amides is 2. The van der Waals surface area contributed by atoms with Gasteiger partial charge in [0.2, 0.25) is 0 Å². The first-order valence-corrected chi connectivity index (χ1v) is 13.1. The monoisotopic (exact) mass is 500 g/mol. The van der Waals surface area contributed by atoms with Gasteiger partial charge in [0.1, 0.15) is 11.6 Å². The molecular formula is C28H32N6O3. The molecule has 192 valence electrons. The number of nitrogens with zero attached hydrogens (tertiary/aromatic N) is 5. The van der Waals surface area contributed by atoms with Crippen LogP contribution in [0, 0.1) is 0 Å². The standard InChI is InChI=1S/C28H32N6O3/c1-3-18-7-10-24-20(14-18)28(36)33-12-5-4-6-23(33)22-15-25-30-21(19-8-9-19)16-27(34(25)31-22)32(2)13-11-29-26(35)17-37-24/h3,7,10,14-16,19,23H,1,4-6,8-9,11-13,17H2,2H3,(H,29,35). The average molecular weight is 501 g/mol. The zero-order chi connectivity index (χ0) is 25.5. The van der Waals surface area contributed by atoms with E-state index < -0.39 is 0 Å². The third-order valence-electron chi connectivity index (χ3n) is 7.54. The lowest BCUT2D eigenvalue weighted by atomic mass is 9.97. The lowest BCUT2D eigenvalue weighted by Crippen LogP contribution is -2.39. The first-order chi connectivity index (χ1) is 18.0. The van der Waals surface area contributed by atoms with E-state index in [4.69, 9.17) is 14.8 Å². The number of hydrogen-bond donors (Lipinski definition) is 1. The number of fused-ring (bicyclic) bond motifs is 4. The second kappa shape index (κ2) is 9.53. The van der Waals surface area contributed by atoms with Crippen molar-refractivity contribution in [3.05, 3.63) is 59.4 Å². The van der Waals surface area contributed by atoms with Crippen LogP contribution in [0.5, 0.6) is 5.75 Å². The van der Waals surface area contributed by atoms with Crippen LogP contribution in [0.15, 0.2) is 36.9 Å². The van der Waals surface area contributed by atoms with Gasteiger partial charge in [0.05, 0.1) is 17.3 Å². The van der Waals surface area contributed by atoms with Gasteiger partial charge in [0.15, 0.2) is 12.3 Å². The van der Waals surface area contributed by atoms with Crippen LogP contribution in [0.25, 0.3) is 11.7 Å². The molecule has 1 unspecified atom stereocenters. The van der Waals surface area contributed by atoms with Crippen LogP contribution in [-0.2, 0) is 4.79 Å². The molecule has 1 saturated heterocycles. The fourth-order valence-corrected chi connectivity index (χ4v) is 5.29. The van der Waals surface area contributed by atoms with Crippen molar-refractivity contribution in [3.63, 3.8) is 0 Å². The molecule has 0 radical (unpaired) electrons. The van der Waals surface area contributed by atoms with Crippen LogP contribution in [0.1, 0.15) is 71.4 Å². The highest BCUT2D eigenvalue weighted by Crippen LogP contribution is 2.41. The zero-order valence-corrected chi connectivity index (χ0v) is 21.2. The van der Waals surface area contributed by atoms with E-state index in [1.165, 1.54) is 0 Å². The van der Waals surface area contributed by atoms with E-state index in [9.17, 15) is 9.59 Å². The summed E-state index contributed by atoms with van der Waals surface area (Å²) in [4.78, 5) is 35.5. The van der Waals surface area contributed by atoms with Gasteiger partial charge in [-0.25, -0.2) is 4.98 Å². The van der Waals surface area contributed by atoms with Gasteiger partial charge in [-0.15, -0.1) is 0 Å². The van der Waals surface area contributed by atoms with Crippen LogP contribution >= 0.6 is 0 Å². The van der Waals surface area contributed by atoms with Crippen LogP contribution in [0.2, 0.25) is 0 Å². The largest absolute Gasteiger partial charge is 0.483 e. The van der Waals surface area contributed by atoms with Gasteiger partial charge in [-0.2, -0.15) is 9.61 Å². The number of carbonyl (C=O) groups excluding carboxylic acids is 2. The number of rotatable bonds is 2. The fraction of sp³-hybridized carbons (Fsp3) is 0.429. The summed E-state index contributed by atoms with van der Waals surface area (Å²) in [6.45, 7) is 5.38. The van der Waals surface area contributed by atoms with Gasteiger partial charge in [-0.1, -0.05) is 18.7 Å². The number of anilines is 1. The minimum atomic E-state index is -0.234. The van der Waals surface area contributed by atoms with E-state index in [0.717, 1.165) is 60.5 Å². The Morgan fingerprint density at radius 2 is 1.95 bits per heavy atom. The molecule has 6 rings (SSSR count). The molecular weight excluding hydrogens is 468 g/mol. The Bertz CT molecular complexity index is 1380. The van der Waals surface area contributed by atoms with Crippen LogP contribution in [-0.4, -0.2) is 64.6 Å². The maximum Gasteiger partial charge on any atom is 0.258 e. The smallest absolute Gasteiger partial charge is 0.258 e. The Hall–Kier alpha value is -3.88. The van der Waals surface area contributed by atoms with Crippen molar-refractivity contribution < 1.29 is 14.3 Å². The number of aromatic nitrogens is 3. The van der Waals surface area contributed by atoms with E-state index in [-0.39, 0.29) is 24.5 Å². The molecule has 1 aromatic carbocycles. The van der Waals surface area contributed by atoms with Gasteiger partial charge >= 0.3 is 0 Å². The number of piperidine rings is 1. The van der Waals surface area contributed by atoms with Gasteiger partial charge in [-0.05, 0) is 49.8 Å². The predicted octanol–water partition coefficient (Wildman–Crippen LogP) is 3.56. The van der Waals surface area contributed by atoms with Crippen LogP contribution in [0.3, 0.4) is 0 Å². The minimum absolute atomic E-state index is 0.128. The van der Waals surface area contributed by atoms with Crippen molar-refractivity contribution in [1.82, 2.24) is 24.8 Å². The quantitative estimate of drug-likeness (QED) is 0.579. The minimum Gasteiger partial charge on any atom is -0.483 e. The summed E-state index contributed by atoms with van der Waals surface area (Å²) in [5.41, 5.74) is 3.98. The summed E-state index contributed by atoms with van der Waals surface area (Å²) in [7, 11) is 2.00. The first kappa shape index (κ1) is 23.5. The third kappa shape index (κ3) is 4.54. The first-order valence-electron chi connectivity index (χ1n) is 13.1. The molecule has 3 aromatic rings. The van der Waals surface area contributed by atoms with E-state index in [1.807, 2.05) is 28.6 Å². The molecule has 1 saturated carbocycles. The summed E-state index contributed by atoms with van der Waals surface area (Å²) in [5.74, 6) is 1.46. The molecule has 2 aliphatic heterocycles. The van der Waals surface area contributed by atoms with E-state index in [2.05, 4.69) is 22.9 Å². The molecule has 0 spiro atoms. The summed E-state index contributed by atoms with van der Waals surface area (Å²) in [6, 6.07) is 9.36. The second-order valence-corrected chi connectivity index (χ2v) is 10.2. The maximum atomic E-state index is 14.0. The summed E-state index contributed by atoms with van der Waals surface area (Å²) < 4.78 is 7.76. The summed E-state index contributed by atoms with van der Waals surface area (Å²) >= 11 is 0. The lowest BCUT2D eigenvalue weighted by molar-refractivity contribution is -0.123. The van der Waals surface area contributed by atoms with Crippen molar-refractivity contribution in [2.75, 3.05) is 38.2 Å². The molecule has 2 fully saturated rings. The SMILES string of the molecule is C=Cc1ccc2c(c1)C(=O)N1CCCCC1c1cc3nc(C4CC4)cc(n3n1)N(C)CCNC(=O)CO2. The lowest BCUT2D eigenvalue weighted by Gasteiger charge is -2.35. The molecule has 1 N–H and O–H groups in total. The molecule has 2 amide bonds. The summed E-state index contributed by atoms with van der Waals surface area (Å²) in [6.07, 6.45) is 6.78. The van der Waals surface area contributed by atoms with Gasteiger partial charge in [0.25, 0.3) is 11.8 Å². The number of hydrogen-bond acceptors (Lipinski definition) is 6. The van der Waals surface area contributed by atoms with Crippen LogP contribution < -0.4 is 15.0 Å². The van der Waals surface area contributed by atoms with Gasteiger partial charge in [-0.3, -0.25) is 9.59 Å². The maximum absolute atomic E-state index is 14.0. The normalized spacial score (nSPS) is 20.8. The average Bonchev–Trinajstić information content (AvgIpc) is 3.68. The molecule has 1 atom stereocenters. The third-order valence-corrected chi connectivity index (χ3v) is 7.54. The van der Waals surface area contributed by atoms with Crippen molar-refractivity contribution >= 4 is 29.4 Å². The Morgan fingerprint density at radius 1 is 1.08 bits per heavy atom. The van der Waals surface area contributed by atoms with Gasteiger partial charge in [0, 0.05) is 50.4 Å². The molecule has 9 nitrogen and oxygen atoms in total. The van der Waals surface area contributed by atoms with E-state index in [0.29, 0.717) is 36.9 Å². The Kier molecular flexibility index (Phi) is 6.06. The van der Waals surface area contributed by atoms with Gasteiger partial charge < -0.3 is 19.9 Å².